The third-order valence-corrected chi connectivity index (χ3v) is 8.18. The topological polar surface area (TPSA) is 107 Å². The highest BCUT2D eigenvalue weighted by Crippen LogP contribution is 2.31. The second-order valence-corrected chi connectivity index (χ2v) is 12.4. The lowest BCUT2D eigenvalue weighted by Crippen LogP contribution is -2.18. The summed E-state index contributed by atoms with van der Waals surface area (Å²) in [5.74, 6) is 0.868. The van der Waals surface area contributed by atoms with Crippen molar-refractivity contribution in [3.05, 3.63) is 93.9 Å². The Labute approximate surface area is 233 Å². The van der Waals surface area contributed by atoms with E-state index in [4.69, 9.17) is 9.47 Å². The summed E-state index contributed by atoms with van der Waals surface area (Å²) in [5.41, 5.74) is 2.77. The van der Waals surface area contributed by atoms with Gasteiger partial charge in [0, 0.05) is 23.8 Å². The van der Waals surface area contributed by atoms with E-state index in [0.29, 0.717) is 16.9 Å². The molecule has 2 aromatic carbocycles. The number of methoxy groups -OCH3 is 1. The Balaban J connectivity index is 1.64. The Morgan fingerprint density at radius 2 is 1.77 bits per heavy atom. The maximum Gasteiger partial charge on any atom is 0.263 e. The second kappa shape index (κ2) is 12.0. The van der Waals surface area contributed by atoms with Crippen molar-refractivity contribution >= 4 is 33.0 Å². The summed E-state index contributed by atoms with van der Waals surface area (Å²) in [6.45, 7) is 6.27. The first-order valence-corrected chi connectivity index (χ1v) is 14.8. The molecule has 0 bridgehead atoms. The maximum absolute atomic E-state index is 13.4. The quantitative estimate of drug-likeness (QED) is 0.226. The van der Waals surface area contributed by atoms with Gasteiger partial charge in [-0.25, -0.2) is 18.4 Å². The standard InChI is InChI=1S/C29H31N3O5S2/c1-29(2,3)22-9-11-23(12-10-22)39(34,35)32-27-24(17-20-7-5-6-8-26(20)36-4)28(31-19-30-27)37-15-13-25(33)21-14-16-38-18-21/h5-12,14,16,18-19H,13,15,17H2,1-4H3,(H,30,31,32). The number of carbonyl (C=O) groups is 1. The average molecular weight is 566 g/mol. The highest BCUT2D eigenvalue weighted by molar-refractivity contribution is 7.92. The molecule has 204 valence electrons. The second-order valence-electron chi connectivity index (χ2n) is 9.91. The van der Waals surface area contributed by atoms with Gasteiger partial charge in [-0.3, -0.25) is 9.52 Å². The largest absolute Gasteiger partial charge is 0.496 e. The van der Waals surface area contributed by atoms with E-state index >= 15 is 0 Å². The molecule has 10 heteroatoms. The van der Waals surface area contributed by atoms with Crippen LogP contribution in [0.5, 0.6) is 11.6 Å². The molecule has 8 nitrogen and oxygen atoms in total. The monoisotopic (exact) mass is 565 g/mol. The number of nitrogens with one attached hydrogen (secondary N) is 1. The molecule has 0 aliphatic heterocycles. The predicted molar refractivity (Wildman–Crippen MR) is 153 cm³/mol. The maximum atomic E-state index is 13.4. The number of aromatic nitrogens is 2. The van der Waals surface area contributed by atoms with Gasteiger partial charge in [0.05, 0.1) is 24.2 Å². The molecular weight excluding hydrogens is 534 g/mol. The van der Waals surface area contributed by atoms with Gasteiger partial charge in [-0.2, -0.15) is 11.3 Å². The molecule has 0 saturated heterocycles. The van der Waals surface area contributed by atoms with Crippen LogP contribution in [0.15, 0.2) is 76.6 Å². The van der Waals surface area contributed by atoms with Gasteiger partial charge < -0.3 is 9.47 Å². The molecule has 0 aliphatic rings. The molecule has 0 amide bonds. The van der Waals surface area contributed by atoms with Crippen LogP contribution in [0.1, 0.15) is 54.2 Å². The van der Waals surface area contributed by atoms with Crippen LogP contribution in [0.2, 0.25) is 0 Å². The Bertz CT molecular complexity index is 1530. The number of benzene rings is 2. The minimum absolute atomic E-state index is 0.0452. The third-order valence-electron chi connectivity index (χ3n) is 6.14. The van der Waals surface area contributed by atoms with Crippen molar-refractivity contribution in [3.63, 3.8) is 0 Å². The lowest BCUT2D eigenvalue weighted by Gasteiger charge is -2.19. The van der Waals surface area contributed by atoms with E-state index in [9.17, 15) is 13.2 Å². The normalized spacial score (nSPS) is 11.7. The first-order chi connectivity index (χ1) is 18.6. The number of rotatable bonds is 11. The molecular formula is C29H31N3O5S2. The molecule has 0 saturated carbocycles. The summed E-state index contributed by atoms with van der Waals surface area (Å²) in [6, 6.07) is 16.0. The SMILES string of the molecule is COc1ccccc1Cc1c(NS(=O)(=O)c2ccc(C(C)(C)C)cc2)ncnc1OCCC(=O)c1ccsc1. The molecule has 0 radical (unpaired) electrons. The summed E-state index contributed by atoms with van der Waals surface area (Å²) in [6.07, 6.45) is 1.62. The van der Waals surface area contributed by atoms with Crippen LogP contribution in [0.4, 0.5) is 5.82 Å². The number of ketones is 1. The Morgan fingerprint density at radius 3 is 2.44 bits per heavy atom. The number of sulfonamides is 1. The molecule has 2 heterocycles. The molecule has 4 aromatic rings. The van der Waals surface area contributed by atoms with Crippen LogP contribution >= 0.6 is 11.3 Å². The van der Waals surface area contributed by atoms with Crippen LogP contribution in [-0.4, -0.2) is 37.9 Å². The van der Waals surface area contributed by atoms with Crippen molar-refractivity contribution < 1.29 is 22.7 Å². The molecule has 0 unspecified atom stereocenters. The number of thiophene rings is 1. The van der Waals surface area contributed by atoms with Crippen molar-refractivity contribution in [2.24, 2.45) is 0 Å². The van der Waals surface area contributed by atoms with Crippen molar-refractivity contribution in [2.45, 2.75) is 43.9 Å². The van der Waals surface area contributed by atoms with E-state index < -0.39 is 10.0 Å². The van der Waals surface area contributed by atoms with E-state index in [0.717, 1.165) is 11.1 Å². The van der Waals surface area contributed by atoms with E-state index in [1.54, 1.807) is 30.7 Å². The zero-order valence-electron chi connectivity index (χ0n) is 22.3. The lowest BCUT2D eigenvalue weighted by atomic mass is 9.87. The van der Waals surface area contributed by atoms with E-state index in [-0.39, 0.29) is 47.2 Å². The number of hydrogen-bond donors (Lipinski definition) is 1. The smallest absolute Gasteiger partial charge is 0.263 e. The highest BCUT2D eigenvalue weighted by atomic mass is 32.2. The fourth-order valence-corrected chi connectivity index (χ4v) is 5.64. The molecule has 2 aromatic heterocycles. The number of carbonyl (C=O) groups excluding carboxylic acids is 1. The predicted octanol–water partition coefficient (Wildman–Crippen LogP) is 5.89. The van der Waals surface area contributed by atoms with Crippen LogP contribution in [0, 0.1) is 0 Å². The van der Waals surface area contributed by atoms with Crippen LogP contribution < -0.4 is 14.2 Å². The first-order valence-electron chi connectivity index (χ1n) is 12.4. The fourth-order valence-electron chi connectivity index (χ4n) is 3.94. The number of Topliss-reactive ketones (excluding diaryl/α,β-unsaturated/α-hetero) is 1. The van der Waals surface area contributed by atoms with Gasteiger partial charge in [0.15, 0.2) is 11.6 Å². The molecule has 4 rings (SSSR count). The van der Waals surface area contributed by atoms with Gasteiger partial charge >= 0.3 is 0 Å². The van der Waals surface area contributed by atoms with Gasteiger partial charge in [-0.05, 0) is 46.2 Å². The van der Waals surface area contributed by atoms with Crippen LogP contribution in [0.3, 0.4) is 0 Å². The minimum Gasteiger partial charge on any atom is -0.496 e. The Kier molecular flexibility index (Phi) is 8.66. The summed E-state index contributed by atoms with van der Waals surface area (Å²) in [4.78, 5) is 21.1. The zero-order chi connectivity index (χ0) is 28.0. The van der Waals surface area contributed by atoms with Gasteiger partial charge in [0.25, 0.3) is 10.0 Å². The average Bonchev–Trinajstić information content (AvgIpc) is 3.45. The number of hydrogen-bond acceptors (Lipinski definition) is 8. The molecule has 1 N–H and O–H groups in total. The van der Waals surface area contributed by atoms with E-state index in [1.165, 1.54) is 17.7 Å². The molecule has 0 spiro atoms. The highest BCUT2D eigenvalue weighted by Gasteiger charge is 2.23. The molecule has 0 fully saturated rings. The Hall–Kier alpha value is -3.76. The number of ether oxygens (including phenoxy) is 2. The summed E-state index contributed by atoms with van der Waals surface area (Å²) in [5, 5.41) is 3.64. The van der Waals surface area contributed by atoms with Gasteiger partial charge in [0.2, 0.25) is 5.88 Å². The van der Waals surface area contributed by atoms with Crippen molar-refractivity contribution in [1.82, 2.24) is 9.97 Å². The van der Waals surface area contributed by atoms with Gasteiger partial charge in [-0.1, -0.05) is 51.1 Å². The summed E-state index contributed by atoms with van der Waals surface area (Å²) >= 11 is 1.45. The fraction of sp³-hybridized carbons (Fsp3) is 0.276. The minimum atomic E-state index is -3.97. The summed E-state index contributed by atoms with van der Waals surface area (Å²) in [7, 11) is -2.40. The van der Waals surface area contributed by atoms with E-state index in [2.05, 4.69) is 35.5 Å². The number of anilines is 1. The van der Waals surface area contributed by atoms with Crippen LogP contribution in [-0.2, 0) is 21.9 Å². The third kappa shape index (κ3) is 7.01. The van der Waals surface area contributed by atoms with Gasteiger partial charge in [0.1, 0.15) is 12.1 Å². The molecule has 39 heavy (non-hydrogen) atoms. The number of para-hydroxylation sites is 1. The van der Waals surface area contributed by atoms with E-state index in [1.807, 2.05) is 41.8 Å². The van der Waals surface area contributed by atoms with Crippen molar-refractivity contribution in [1.29, 1.82) is 0 Å². The first kappa shape index (κ1) is 28.3. The zero-order valence-corrected chi connectivity index (χ0v) is 23.9. The molecule has 0 atom stereocenters. The number of nitrogens with zero attached hydrogens (tertiary/aromatic N) is 2. The Morgan fingerprint density at radius 1 is 1.03 bits per heavy atom. The lowest BCUT2D eigenvalue weighted by molar-refractivity contribution is 0.0961. The molecule has 0 aliphatic carbocycles. The van der Waals surface area contributed by atoms with Crippen molar-refractivity contribution in [3.8, 4) is 11.6 Å². The summed E-state index contributed by atoms with van der Waals surface area (Å²) < 4.78 is 40.7. The van der Waals surface area contributed by atoms with Crippen molar-refractivity contribution in [2.75, 3.05) is 18.4 Å². The van der Waals surface area contributed by atoms with Gasteiger partial charge in [-0.15, -0.1) is 0 Å². The van der Waals surface area contributed by atoms with Crippen LogP contribution in [0.25, 0.3) is 0 Å².